The lowest BCUT2D eigenvalue weighted by molar-refractivity contribution is -0.169. The van der Waals surface area contributed by atoms with Gasteiger partial charge >= 0.3 is 11.9 Å². The normalized spacial score (nSPS) is 38.5. The summed E-state index contributed by atoms with van der Waals surface area (Å²) in [5.41, 5.74) is 2.44. The third-order valence-corrected chi connectivity index (χ3v) is 4.29. The SMILES string of the molecule is O=C1OC(=O)C2C3CC1C2c1ccccc13. The molecule has 1 heterocycles. The maximum Gasteiger partial charge on any atom is 0.317 e. The number of carbonyl (C=O) groups excluding carboxylic acids is 2. The molecular formula is C13H10O3. The van der Waals surface area contributed by atoms with Crippen LogP contribution in [0.25, 0.3) is 0 Å². The van der Waals surface area contributed by atoms with Gasteiger partial charge in [-0.1, -0.05) is 24.3 Å². The summed E-state index contributed by atoms with van der Waals surface area (Å²) in [6.45, 7) is 0. The van der Waals surface area contributed by atoms with Crippen LogP contribution in [0.4, 0.5) is 0 Å². The molecule has 1 aromatic carbocycles. The van der Waals surface area contributed by atoms with E-state index < -0.39 is 0 Å². The van der Waals surface area contributed by atoms with Crippen molar-refractivity contribution < 1.29 is 14.3 Å². The smallest absolute Gasteiger partial charge is 0.317 e. The van der Waals surface area contributed by atoms with Gasteiger partial charge in [-0.2, -0.15) is 0 Å². The summed E-state index contributed by atoms with van der Waals surface area (Å²) in [6, 6.07) is 8.10. The summed E-state index contributed by atoms with van der Waals surface area (Å²) >= 11 is 0. The van der Waals surface area contributed by atoms with Gasteiger partial charge in [0.15, 0.2) is 0 Å². The van der Waals surface area contributed by atoms with E-state index in [2.05, 4.69) is 6.07 Å². The van der Waals surface area contributed by atoms with Gasteiger partial charge in [-0.25, -0.2) is 0 Å². The van der Waals surface area contributed by atoms with Gasteiger partial charge in [0.2, 0.25) is 0 Å². The summed E-state index contributed by atoms with van der Waals surface area (Å²) < 4.78 is 4.81. The van der Waals surface area contributed by atoms with Crippen LogP contribution in [0, 0.1) is 11.8 Å². The van der Waals surface area contributed by atoms with Gasteiger partial charge in [-0.3, -0.25) is 9.59 Å². The van der Waals surface area contributed by atoms with Crippen LogP contribution < -0.4 is 0 Å². The summed E-state index contributed by atoms with van der Waals surface area (Å²) in [6.07, 6.45) is 0.789. The Kier molecular flexibility index (Phi) is 1.35. The maximum absolute atomic E-state index is 11.7. The Hall–Kier alpha value is -1.64. The highest BCUT2D eigenvalue weighted by atomic mass is 16.6. The third kappa shape index (κ3) is 0.775. The molecule has 4 atom stereocenters. The van der Waals surface area contributed by atoms with E-state index >= 15 is 0 Å². The fraction of sp³-hybridized carbons (Fsp3) is 0.385. The topological polar surface area (TPSA) is 43.4 Å². The molecule has 3 heteroatoms. The van der Waals surface area contributed by atoms with Crippen molar-refractivity contribution in [3.63, 3.8) is 0 Å². The van der Waals surface area contributed by atoms with E-state index in [1.165, 1.54) is 11.1 Å². The molecule has 1 saturated heterocycles. The standard InChI is InChI=1S/C13H10O3/c14-12-9-5-8-6-3-1-2-4-7(6)10(9)11(8)13(15)16-12/h1-4,8-11H,5H2. The Morgan fingerprint density at radius 1 is 0.938 bits per heavy atom. The quantitative estimate of drug-likeness (QED) is 0.486. The van der Waals surface area contributed by atoms with Crippen molar-refractivity contribution in [3.8, 4) is 0 Å². The molecule has 2 fully saturated rings. The summed E-state index contributed by atoms with van der Waals surface area (Å²) in [7, 11) is 0. The minimum Gasteiger partial charge on any atom is -0.393 e. The highest BCUT2D eigenvalue weighted by Gasteiger charge is 2.61. The molecule has 1 saturated carbocycles. The molecular weight excluding hydrogens is 204 g/mol. The van der Waals surface area contributed by atoms with Crippen LogP contribution in [-0.4, -0.2) is 11.9 Å². The van der Waals surface area contributed by atoms with E-state index in [-0.39, 0.29) is 35.6 Å². The Morgan fingerprint density at radius 3 is 2.50 bits per heavy atom. The van der Waals surface area contributed by atoms with Crippen molar-refractivity contribution in [2.24, 2.45) is 11.8 Å². The number of cyclic esters (lactones) is 2. The second-order valence-corrected chi connectivity index (χ2v) is 4.87. The lowest BCUT2D eigenvalue weighted by Crippen LogP contribution is -2.34. The zero-order valence-corrected chi connectivity index (χ0v) is 8.55. The van der Waals surface area contributed by atoms with Crippen LogP contribution in [0.2, 0.25) is 0 Å². The Balaban J connectivity index is 1.95. The van der Waals surface area contributed by atoms with Gasteiger partial charge in [0, 0.05) is 5.92 Å². The maximum atomic E-state index is 11.7. The van der Waals surface area contributed by atoms with Crippen molar-refractivity contribution in [3.05, 3.63) is 35.4 Å². The van der Waals surface area contributed by atoms with Gasteiger partial charge in [-0.15, -0.1) is 0 Å². The predicted octanol–water partition coefficient (Wildman–Crippen LogP) is 1.59. The molecule has 0 spiro atoms. The molecule has 1 aliphatic heterocycles. The van der Waals surface area contributed by atoms with E-state index in [0.717, 1.165) is 6.42 Å². The average molecular weight is 214 g/mol. The largest absolute Gasteiger partial charge is 0.393 e. The molecule has 4 rings (SSSR count). The van der Waals surface area contributed by atoms with E-state index in [1.54, 1.807) is 0 Å². The minimum atomic E-state index is -0.316. The zero-order chi connectivity index (χ0) is 10.9. The lowest BCUT2D eigenvalue weighted by Gasteiger charge is -2.25. The predicted molar refractivity (Wildman–Crippen MR) is 54.6 cm³/mol. The van der Waals surface area contributed by atoms with Gasteiger partial charge < -0.3 is 4.74 Å². The Bertz CT molecular complexity index is 520. The second-order valence-electron chi connectivity index (χ2n) is 4.87. The summed E-state index contributed by atoms with van der Waals surface area (Å²) in [5.74, 6) is -0.504. The Labute approximate surface area is 92.4 Å². The van der Waals surface area contributed by atoms with E-state index in [1.807, 2.05) is 18.2 Å². The van der Waals surface area contributed by atoms with Gasteiger partial charge in [0.1, 0.15) is 0 Å². The molecule has 0 radical (unpaired) electrons. The van der Waals surface area contributed by atoms with Crippen LogP contribution in [0.3, 0.4) is 0 Å². The number of hydrogen-bond acceptors (Lipinski definition) is 3. The fourth-order valence-electron chi connectivity index (χ4n) is 3.75. The van der Waals surface area contributed by atoms with Crippen LogP contribution >= 0.6 is 0 Å². The fourth-order valence-corrected chi connectivity index (χ4v) is 3.75. The number of benzene rings is 1. The molecule has 0 amide bonds. The van der Waals surface area contributed by atoms with Crippen LogP contribution in [0.15, 0.2) is 24.3 Å². The van der Waals surface area contributed by atoms with Gasteiger partial charge in [0.25, 0.3) is 0 Å². The monoisotopic (exact) mass is 214 g/mol. The van der Waals surface area contributed by atoms with Crippen molar-refractivity contribution >= 4 is 11.9 Å². The third-order valence-electron chi connectivity index (χ3n) is 4.29. The van der Waals surface area contributed by atoms with Crippen molar-refractivity contribution in [2.75, 3.05) is 0 Å². The first-order valence-corrected chi connectivity index (χ1v) is 5.62. The molecule has 16 heavy (non-hydrogen) atoms. The molecule has 0 N–H and O–H groups in total. The van der Waals surface area contributed by atoms with Crippen LogP contribution in [0.1, 0.15) is 29.4 Å². The number of rotatable bonds is 0. The van der Waals surface area contributed by atoms with Crippen LogP contribution in [-0.2, 0) is 14.3 Å². The molecule has 80 valence electrons. The second kappa shape index (κ2) is 2.54. The summed E-state index contributed by atoms with van der Waals surface area (Å²) in [4.78, 5) is 23.4. The minimum absolute atomic E-state index is 0.0809. The van der Waals surface area contributed by atoms with Gasteiger partial charge in [-0.05, 0) is 23.5 Å². The first-order valence-electron chi connectivity index (χ1n) is 5.62. The molecule has 3 nitrogen and oxygen atoms in total. The highest BCUT2D eigenvalue weighted by molar-refractivity contribution is 5.95. The number of fused-ring (bicyclic) bond motifs is 2. The van der Waals surface area contributed by atoms with E-state index in [4.69, 9.17) is 4.74 Å². The Morgan fingerprint density at radius 2 is 1.69 bits per heavy atom. The lowest BCUT2D eigenvalue weighted by atomic mass is 9.82. The van der Waals surface area contributed by atoms with E-state index in [9.17, 15) is 9.59 Å². The molecule has 3 aliphatic rings. The van der Waals surface area contributed by atoms with Crippen LogP contribution in [0.5, 0.6) is 0 Å². The van der Waals surface area contributed by atoms with Crippen molar-refractivity contribution in [2.45, 2.75) is 18.3 Å². The first-order chi connectivity index (χ1) is 7.77. The number of esters is 2. The highest BCUT2D eigenvalue weighted by Crippen LogP contribution is 2.62. The van der Waals surface area contributed by atoms with Crippen molar-refractivity contribution in [1.82, 2.24) is 0 Å². The van der Waals surface area contributed by atoms with Gasteiger partial charge in [0.05, 0.1) is 11.8 Å². The zero-order valence-electron chi connectivity index (χ0n) is 8.55. The molecule has 4 unspecified atom stereocenters. The first kappa shape index (κ1) is 8.50. The number of carbonyl (C=O) groups is 2. The summed E-state index contributed by atoms with van der Waals surface area (Å²) in [5, 5.41) is 0. The van der Waals surface area contributed by atoms with Crippen molar-refractivity contribution in [1.29, 1.82) is 0 Å². The molecule has 2 aliphatic carbocycles. The molecule has 1 aromatic rings. The molecule has 0 aromatic heterocycles. The number of hydrogen-bond donors (Lipinski definition) is 0. The number of ether oxygens (including phenoxy) is 1. The average Bonchev–Trinajstić information content (AvgIpc) is 2.78. The molecule has 4 bridgehead atoms. The van der Waals surface area contributed by atoms with E-state index in [0.29, 0.717) is 0 Å².